The van der Waals surface area contributed by atoms with Crippen molar-refractivity contribution in [3.63, 3.8) is 0 Å². The third-order valence-corrected chi connectivity index (χ3v) is 3.71. The predicted octanol–water partition coefficient (Wildman–Crippen LogP) is 3.94. The van der Waals surface area contributed by atoms with Crippen LogP contribution in [0.15, 0.2) is 39.0 Å². The molecule has 0 atom stereocenters. The maximum absolute atomic E-state index is 5.36. The Balaban J connectivity index is 2.01. The monoisotopic (exact) mass is 276 g/mol. The van der Waals surface area contributed by atoms with E-state index in [9.17, 15) is 0 Å². The number of hydrogen-bond acceptors (Lipinski definition) is 4. The predicted molar refractivity (Wildman–Crippen MR) is 78.5 cm³/mol. The zero-order valence-electron chi connectivity index (χ0n) is 11.7. The molecule has 0 amide bonds. The summed E-state index contributed by atoms with van der Waals surface area (Å²) in [6.45, 7) is 8.25. The third-order valence-electron chi connectivity index (χ3n) is 2.86. The van der Waals surface area contributed by atoms with E-state index in [2.05, 4.69) is 42.3 Å². The Morgan fingerprint density at radius 2 is 2.16 bits per heavy atom. The second-order valence-corrected chi connectivity index (χ2v) is 5.65. The first-order valence-electron chi connectivity index (χ1n) is 6.59. The summed E-state index contributed by atoms with van der Waals surface area (Å²) >= 11 is 1.56. The van der Waals surface area contributed by atoms with Gasteiger partial charge in [-0.15, -0.1) is 0 Å². The van der Waals surface area contributed by atoms with Gasteiger partial charge in [0.1, 0.15) is 6.26 Å². The first-order chi connectivity index (χ1) is 9.19. The van der Waals surface area contributed by atoms with Crippen LogP contribution in [0.3, 0.4) is 0 Å². The molecule has 0 fully saturated rings. The molecule has 4 heteroatoms. The van der Waals surface area contributed by atoms with Crippen molar-refractivity contribution in [1.29, 1.82) is 0 Å². The van der Waals surface area contributed by atoms with Gasteiger partial charge >= 0.3 is 0 Å². The Morgan fingerprint density at radius 3 is 2.79 bits per heavy atom. The van der Waals surface area contributed by atoms with Crippen molar-refractivity contribution >= 4 is 11.8 Å². The van der Waals surface area contributed by atoms with Crippen LogP contribution in [-0.2, 0) is 6.54 Å². The maximum Gasteiger partial charge on any atom is 0.260 e. The number of rotatable bonds is 6. The van der Waals surface area contributed by atoms with Gasteiger partial charge in [0.25, 0.3) is 5.22 Å². The molecule has 0 saturated carbocycles. The molecule has 2 aromatic rings. The average Bonchev–Trinajstić information content (AvgIpc) is 2.78. The topological polar surface area (TPSA) is 38.1 Å². The Bertz CT molecular complexity index is 537. The van der Waals surface area contributed by atoms with Gasteiger partial charge in [-0.05, 0) is 61.8 Å². The largest absolute Gasteiger partial charge is 0.439 e. The van der Waals surface area contributed by atoms with E-state index in [4.69, 9.17) is 4.42 Å². The molecule has 19 heavy (non-hydrogen) atoms. The lowest BCUT2D eigenvalue weighted by atomic mass is 10.1. The summed E-state index contributed by atoms with van der Waals surface area (Å²) in [4.78, 5) is 5.47. The van der Waals surface area contributed by atoms with Crippen LogP contribution in [0.5, 0.6) is 0 Å². The molecule has 0 aliphatic heterocycles. The van der Waals surface area contributed by atoms with Crippen LogP contribution < -0.4 is 5.32 Å². The first kappa shape index (κ1) is 14.2. The number of nitrogens with zero attached hydrogens (tertiary/aromatic N) is 1. The quantitative estimate of drug-likeness (QED) is 0.811. The van der Waals surface area contributed by atoms with Crippen LogP contribution in [0.25, 0.3) is 0 Å². The summed E-state index contributed by atoms with van der Waals surface area (Å²) in [6, 6.07) is 6.49. The van der Waals surface area contributed by atoms with Crippen molar-refractivity contribution in [2.45, 2.75) is 43.9 Å². The van der Waals surface area contributed by atoms with Crippen LogP contribution in [0.2, 0.25) is 0 Å². The Labute approximate surface area is 118 Å². The van der Waals surface area contributed by atoms with E-state index < -0.39 is 0 Å². The molecule has 0 radical (unpaired) electrons. The van der Waals surface area contributed by atoms with Gasteiger partial charge in [-0.2, -0.15) is 0 Å². The molecule has 0 aliphatic carbocycles. The minimum Gasteiger partial charge on any atom is -0.439 e. The highest BCUT2D eigenvalue weighted by Crippen LogP contribution is 2.28. The normalized spacial score (nSPS) is 10.9. The lowest BCUT2D eigenvalue weighted by Gasteiger charge is -2.08. The molecule has 1 heterocycles. The van der Waals surface area contributed by atoms with Gasteiger partial charge in [-0.3, -0.25) is 0 Å². The van der Waals surface area contributed by atoms with Gasteiger partial charge in [0.2, 0.25) is 0 Å². The Hall–Kier alpha value is -1.26. The fraction of sp³-hybridized carbons (Fsp3) is 0.400. The van der Waals surface area contributed by atoms with Crippen molar-refractivity contribution in [2.24, 2.45) is 0 Å². The highest BCUT2D eigenvalue weighted by atomic mass is 32.2. The second kappa shape index (κ2) is 6.78. The molecule has 2 rings (SSSR count). The lowest BCUT2D eigenvalue weighted by molar-refractivity contribution is 0.454. The van der Waals surface area contributed by atoms with Crippen molar-refractivity contribution in [1.82, 2.24) is 10.3 Å². The van der Waals surface area contributed by atoms with Crippen molar-refractivity contribution < 1.29 is 4.42 Å². The van der Waals surface area contributed by atoms with Crippen molar-refractivity contribution in [3.8, 4) is 0 Å². The van der Waals surface area contributed by atoms with Crippen LogP contribution in [0.4, 0.5) is 0 Å². The number of hydrogen-bond donors (Lipinski definition) is 1. The Morgan fingerprint density at radius 1 is 1.32 bits per heavy atom. The van der Waals surface area contributed by atoms with E-state index >= 15 is 0 Å². The van der Waals surface area contributed by atoms with Gasteiger partial charge in [0.15, 0.2) is 0 Å². The number of nitrogens with one attached hydrogen (secondary N) is 1. The molecule has 3 nitrogen and oxygen atoms in total. The van der Waals surface area contributed by atoms with Gasteiger partial charge in [0.05, 0.1) is 5.69 Å². The molecule has 0 bridgehead atoms. The standard InChI is InChI=1S/C15H20N2OS/c1-4-7-16-9-13-5-6-14(8-11(13)2)19-15-17-12(3)10-18-15/h5-6,8,10,16H,4,7,9H2,1-3H3. The lowest BCUT2D eigenvalue weighted by Crippen LogP contribution is -2.14. The second-order valence-electron chi connectivity index (χ2n) is 4.62. The molecule has 0 unspecified atom stereocenters. The number of aryl methyl sites for hydroxylation is 2. The van der Waals surface area contributed by atoms with E-state index in [1.807, 2.05) is 6.92 Å². The van der Waals surface area contributed by atoms with Crippen molar-refractivity contribution in [3.05, 3.63) is 41.3 Å². The van der Waals surface area contributed by atoms with Crippen LogP contribution in [0, 0.1) is 13.8 Å². The van der Waals surface area contributed by atoms with Gasteiger partial charge in [-0.25, -0.2) is 4.98 Å². The van der Waals surface area contributed by atoms with E-state index in [0.717, 1.165) is 25.2 Å². The molecular weight excluding hydrogens is 256 g/mol. The van der Waals surface area contributed by atoms with Gasteiger partial charge < -0.3 is 9.73 Å². The first-order valence-corrected chi connectivity index (χ1v) is 7.41. The summed E-state index contributed by atoms with van der Waals surface area (Å²) in [5.41, 5.74) is 3.57. The molecule has 0 saturated heterocycles. The number of oxazole rings is 1. The molecular formula is C15H20N2OS. The summed E-state index contributed by atoms with van der Waals surface area (Å²) in [5.74, 6) is 0. The Kier molecular flexibility index (Phi) is 5.05. The minimum atomic E-state index is 0.703. The summed E-state index contributed by atoms with van der Waals surface area (Å²) in [5, 5.41) is 4.13. The zero-order valence-corrected chi connectivity index (χ0v) is 12.5. The maximum atomic E-state index is 5.36. The number of benzene rings is 1. The summed E-state index contributed by atoms with van der Waals surface area (Å²) < 4.78 is 5.36. The SMILES string of the molecule is CCCNCc1ccc(Sc2nc(C)co2)cc1C. The van der Waals surface area contributed by atoms with Crippen molar-refractivity contribution in [2.75, 3.05) is 6.54 Å². The van der Waals surface area contributed by atoms with E-state index in [1.54, 1.807) is 18.0 Å². The third kappa shape index (κ3) is 4.11. The van der Waals surface area contributed by atoms with Crippen LogP contribution in [-0.4, -0.2) is 11.5 Å². The molecule has 1 aromatic carbocycles. The van der Waals surface area contributed by atoms with E-state index in [1.165, 1.54) is 16.0 Å². The van der Waals surface area contributed by atoms with Gasteiger partial charge in [-0.1, -0.05) is 13.0 Å². The molecule has 102 valence electrons. The highest BCUT2D eigenvalue weighted by molar-refractivity contribution is 7.99. The summed E-state index contributed by atoms with van der Waals surface area (Å²) in [7, 11) is 0. The molecule has 0 aliphatic rings. The average molecular weight is 276 g/mol. The molecule has 0 spiro atoms. The van der Waals surface area contributed by atoms with Crippen LogP contribution in [0.1, 0.15) is 30.2 Å². The molecule has 1 N–H and O–H groups in total. The van der Waals surface area contributed by atoms with Gasteiger partial charge in [0, 0.05) is 11.4 Å². The fourth-order valence-electron chi connectivity index (χ4n) is 1.81. The summed E-state index contributed by atoms with van der Waals surface area (Å²) in [6.07, 6.45) is 2.84. The van der Waals surface area contributed by atoms with E-state index in [-0.39, 0.29) is 0 Å². The highest BCUT2D eigenvalue weighted by Gasteiger charge is 2.05. The fourth-order valence-corrected chi connectivity index (χ4v) is 2.67. The molecule has 1 aromatic heterocycles. The van der Waals surface area contributed by atoms with E-state index in [0.29, 0.717) is 5.22 Å². The van der Waals surface area contributed by atoms with Crippen LogP contribution >= 0.6 is 11.8 Å². The number of aromatic nitrogens is 1. The zero-order chi connectivity index (χ0) is 13.7. The minimum absolute atomic E-state index is 0.703. The smallest absolute Gasteiger partial charge is 0.260 e.